The van der Waals surface area contributed by atoms with Crippen molar-refractivity contribution < 1.29 is 13.6 Å². The third-order valence-electron chi connectivity index (χ3n) is 2.66. The summed E-state index contributed by atoms with van der Waals surface area (Å²) in [5.41, 5.74) is -0.150. The molecule has 0 aliphatic carbocycles. The first-order chi connectivity index (χ1) is 5.26. The molecule has 1 rings (SSSR count). The first-order valence-electron chi connectivity index (χ1n) is 3.92. The molecule has 72 valence electrons. The Bertz CT molecular complexity index is 211. The fourth-order valence-electron chi connectivity index (χ4n) is 1.00. The van der Waals surface area contributed by atoms with Crippen molar-refractivity contribution in [2.75, 3.05) is 0 Å². The topological polar surface area (TPSA) is 35.5 Å². The van der Waals surface area contributed by atoms with Crippen LogP contribution in [0.2, 0.25) is 0 Å². The average Bonchev–Trinajstić information content (AvgIpc) is 1.82. The van der Waals surface area contributed by atoms with E-state index < -0.39 is 6.95 Å². The summed E-state index contributed by atoms with van der Waals surface area (Å²) >= 11 is 5.50. The maximum absolute atomic E-state index is 11.3. The molecule has 1 heterocycles. The third kappa shape index (κ3) is 1.85. The lowest BCUT2D eigenvalue weighted by atomic mass is 9.82. The fraction of sp³-hybridized carbons (Fsp3) is 1.00. The molecule has 0 amide bonds. The molecule has 0 N–H and O–H groups in total. The molecule has 1 aliphatic rings. The minimum Gasteiger partial charge on any atom is -0.293 e. The molecule has 1 saturated heterocycles. The van der Waals surface area contributed by atoms with E-state index in [2.05, 4.69) is 0 Å². The second-order valence-corrected chi connectivity index (χ2v) is 6.27. The minimum atomic E-state index is -3.31. The maximum atomic E-state index is 11.3. The van der Waals surface area contributed by atoms with Gasteiger partial charge in [-0.2, -0.15) is 0 Å². The van der Waals surface area contributed by atoms with Crippen LogP contribution in [0, 0.1) is 5.41 Å². The summed E-state index contributed by atoms with van der Waals surface area (Å²) in [6.07, 6.45) is -0.297. The van der Waals surface area contributed by atoms with Crippen LogP contribution >= 0.6 is 18.2 Å². The van der Waals surface area contributed by atoms with Gasteiger partial charge in [0.15, 0.2) is 0 Å². The maximum Gasteiger partial charge on any atom is 0.424 e. The van der Waals surface area contributed by atoms with Gasteiger partial charge < -0.3 is 0 Å². The Hall–Kier alpha value is 0.440. The van der Waals surface area contributed by atoms with E-state index in [1.807, 2.05) is 27.7 Å². The lowest BCUT2D eigenvalue weighted by Crippen LogP contribution is -2.42. The second-order valence-electron chi connectivity index (χ2n) is 3.75. The van der Waals surface area contributed by atoms with Gasteiger partial charge in [-0.15, -0.1) is 0 Å². The van der Waals surface area contributed by atoms with Crippen LogP contribution in [0.15, 0.2) is 0 Å². The Morgan fingerprint density at radius 1 is 1.25 bits per heavy atom. The quantitative estimate of drug-likeness (QED) is 0.579. The van der Waals surface area contributed by atoms with E-state index >= 15 is 0 Å². The molecule has 12 heavy (non-hydrogen) atoms. The van der Waals surface area contributed by atoms with Crippen LogP contribution in [0.25, 0.3) is 0 Å². The van der Waals surface area contributed by atoms with Crippen molar-refractivity contribution in [1.82, 2.24) is 0 Å². The van der Waals surface area contributed by atoms with Gasteiger partial charge in [-0.3, -0.25) is 9.05 Å². The summed E-state index contributed by atoms with van der Waals surface area (Å²) in [5, 5.41) is 0. The predicted octanol–water partition coefficient (Wildman–Crippen LogP) is 3.18. The lowest BCUT2D eigenvalue weighted by molar-refractivity contribution is -0.0552. The summed E-state index contributed by atoms with van der Waals surface area (Å²) in [5.74, 6) is 0. The molecule has 0 saturated carbocycles. The van der Waals surface area contributed by atoms with E-state index in [-0.39, 0.29) is 17.6 Å². The van der Waals surface area contributed by atoms with Crippen molar-refractivity contribution in [1.29, 1.82) is 0 Å². The second kappa shape index (κ2) is 2.98. The zero-order chi connectivity index (χ0) is 9.57. The van der Waals surface area contributed by atoms with Gasteiger partial charge in [0.25, 0.3) is 0 Å². The first kappa shape index (κ1) is 10.5. The van der Waals surface area contributed by atoms with Crippen molar-refractivity contribution in [3.05, 3.63) is 0 Å². The zero-order valence-electron chi connectivity index (χ0n) is 7.70. The highest BCUT2D eigenvalue weighted by molar-refractivity contribution is 7.81. The smallest absolute Gasteiger partial charge is 0.293 e. The number of rotatable bonds is 0. The largest absolute Gasteiger partial charge is 0.424 e. The Labute approximate surface area is 77.7 Å². The van der Waals surface area contributed by atoms with Crippen LogP contribution in [0.1, 0.15) is 27.7 Å². The molecule has 5 heteroatoms. The van der Waals surface area contributed by atoms with Crippen LogP contribution in [0.4, 0.5) is 0 Å². The van der Waals surface area contributed by atoms with Gasteiger partial charge in [0.05, 0.1) is 12.2 Å². The van der Waals surface area contributed by atoms with E-state index in [1.165, 1.54) is 0 Å². The van der Waals surface area contributed by atoms with Gasteiger partial charge in [-0.05, 0) is 13.8 Å². The van der Waals surface area contributed by atoms with E-state index in [0.717, 1.165) is 0 Å². The van der Waals surface area contributed by atoms with Gasteiger partial charge >= 0.3 is 6.95 Å². The van der Waals surface area contributed by atoms with E-state index in [4.69, 9.17) is 20.3 Å². The Morgan fingerprint density at radius 3 is 1.92 bits per heavy atom. The Kier molecular flexibility index (Phi) is 2.62. The highest BCUT2D eigenvalue weighted by Gasteiger charge is 2.45. The molecule has 0 aromatic rings. The molecular weight excluding hydrogens is 199 g/mol. The molecular formula is C7H14ClO3P. The molecule has 0 radical (unpaired) electrons. The highest BCUT2D eigenvalue weighted by Crippen LogP contribution is 2.62. The number of halogens is 1. The van der Waals surface area contributed by atoms with Crippen LogP contribution in [-0.4, -0.2) is 12.2 Å². The van der Waals surface area contributed by atoms with Crippen LogP contribution in [0.5, 0.6) is 0 Å². The van der Waals surface area contributed by atoms with Crippen molar-refractivity contribution in [3.8, 4) is 0 Å². The summed E-state index contributed by atoms with van der Waals surface area (Å²) in [7, 11) is 0. The first-order valence-corrected chi connectivity index (χ1v) is 6.37. The zero-order valence-corrected chi connectivity index (χ0v) is 9.35. The standard InChI is InChI=1S/C7H14ClO3P/c1-5-7(3,4)6(2)11-12(8,9)10-5/h5-6H,1-4H3. The minimum absolute atomic E-state index is 0.149. The Balaban J connectivity index is 2.85. The molecule has 2 atom stereocenters. The van der Waals surface area contributed by atoms with Gasteiger partial charge in [0.1, 0.15) is 0 Å². The lowest BCUT2D eigenvalue weighted by Gasteiger charge is -2.42. The van der Waals surface area contributed by atoms with E-state index in [1.54, 1.807) is 0 Å². The van der Waals surface area contributed by atoms with Gasteiger partial charge in [-0.1, -0.05) is 13.8 Å². The summed E-state index contributed by atoms with van der Waals surface area (Å²) < 4.78 is 21.4. The normalized spacial score (nSPS) is 47.4. The molecule has 3 nitrogen and oxygen atoms in total. The van der Waals surface area contributed by atoms with Crippen LogP contribution in [-0.2, 0) is 13.6 Å². The van der Waals surface area contributed by atoms with Gasteiger partial charge in [-0.25, -0.2) is 4.57 Å². The fourth-order valence-corrected chi connectivity index (χ4v) is 3.07. The van der Waals surface area contributed by atoms with E-state index in [0.29, 0.717) is 0 Å². The average molecular weight is 213 g/mol. The third-order valence-corrected chi connectivity index (χ3v) is 4.28. The van der Waals surface area contributed by atoms with Crippen molar-refractivity contribution >= 4 is 18.2 Å². The SMILES string of the molecule is CC1OP(=O)(Cl)OC(C)C1(C)C. The number of hydrogen-bond donors (Lipinski definition) is 0. The molecule has 1 aliphatic heterocycles. The van der Waals surface area contributed by atoms with Gasteiger partial charge in [0, 0.05) is 16.7 Å². The van der Waals surface area contributed by atoms with Crippen molar-refractivity contribution in [3.63, 3.8) is 0 Å². The molecule has 1 fully saturated rings. The van der Waals surface area contributed by atoms with Gasteiger partial charge in [0.2, 0.25) is 0 Å². The van der Waals surface area contributed by atoms with Crippen molar-refractivity contribution in [2.24, 2.45) is 5.41 Å². The van der Waals surface area contributed by atoms with Crippen LogP contribution < -0.4 is 0 Å². The Morgan fingerprint density at radius 2 is 1.58 bits per heavy atom. The monoisotopic (exact) mass is 212 g/mol. The summed E-state index contributed by atoms with van der Waals surface area (Å²) in [6, 6.07) is 0. The predicted molar refractivity (Wildman–Crippen MR) is 48.3 cm³/mol. The molecule has 0 spiro atoms. The molecule has 0 bridgehead atoms. The van der Waals surface area contributed by atoms with Crippen molar-refractivity contribution in [2.45, 2.75) is 39.9 Å². The number of hydrogen-bond acceptors (Lipinski definition) is 3. The molecule has 2 unspecified atom stereocenters. The van der Waals surface area contributed by atoms with E-state index in [9.17, 15) is 4.57 Å². The highest BCUT2D eigenvalue weighted by atomic mass is 35.7. The molecule has 0 aromatic heterocycles. The summed E-state index contributed by atoms with van der Waals surface area (Å²) in [4.78, 5) is 0. The summed E-state index contributed by atoms with van der Waals surface area (Å²) in [6.45, 7) is 4.40. The van der Waals surface area contributed by atoms with Crippen LogP contribution in [0.3, 0.4) is 0 Å². The molecule has 0 aromatic carbocycles.